The molecule has 16 heavy (non-hydrogen) atoms. The van der Waals surface area contributed by atoms with E-state index in [1.165, 1.54) is 0 Å². The van der Waals surface area contributed by atoms with Crippen molar-refractivity contribution in [3.63, 3.8) is 0 Å². The minimum atomic E-state index is -0.848. The number of allylic oxidation sites excluding steroid dienone is 1. The van der Waals surface area contributed by atoms with Gasteiger partial charge in [-0.15, -0.1) is 0 Å². The highest BCUT2D eigenvalue weighted by Crippen LogP contribution is 2.19. The molecular formula is C13H16O3. The molecule has 0 aromatic heterocycles. The van der Waals surface area contributed by atoms with Gasteiger partial charge in [-0.2, -0.15) is 0 Å². The average molecular weight is 220 g/mol. The number of para-hydroxylation sites is 1. The van der Waals surface area contributed by atoms with Crippen molar-refractivity contribution in [3.8, 4) is 5.75 Å². The van der Waals surface area contributed by atoms with Crippen molar-refractivity contribution in [1.82, 2.24) is 0 Å². The summed E-state index contributed by atoms with van der Waals surface area (Å²) in [5.74, 6) is -0.204. The third kappa shape index (κ3) is 3.77. The first-order valence-electron chi connectivity index (χ1n) is 5.17. The van der Waals surface area contributed by atoms with Crippen LogP contribution >= 0.6 is 0 Å². The van der Waals surface area contributed by atoms with E-state index >= 15 is 0 Å². The van der Waals surface area contributed by atoms with Crippen molar-refractivity contribution in [2.75, 3.05) is 6.61 Å². The predicted molar refractivity (Wildman–Crippen MR) is 62.7 cm³/mol. The smallest absolute Gasteiger partial charge is 0.307 e. The topological polar surface area (TPSA) is 46.5 Å². The molecule has 0 spiro atoms. The highest BCUT2D eigenvalue weighted by atomic mass is 16.5. The summed E-state index contributed by atoms with van der Waals surface area (Å²) in [6, 6.07) is 7.22. The Morgan fingerprint density at radius 1 is 1.44 bits per heavy atom. The van der Waals surface area contributed by atoms with E-state index in [-0.39, 0.29) is 6.42 Å². The van der Waals surface area contributed by atoms with Crippen LogP contribution in [-0.4, -0.2) is 17.7 Å². The fraction of sp³-hybridized carbons (Fsp3) is 0.308. The van der Waals surface area contributed by atoms with Gasteiger partial charge < -0.3 is 9.84 Å². The minimum Gasteiger partial charge on any atom is -0.489 e. The molecule has 1 rings (SSSR count). The number of carboxylic acids is 1. The van der Waals surface area contributed by atoms with Gasteiger partial charge in [0, 0.05) is 5.56 Å². The van der Waals surface area contributed by atoms with Crippen LogP contribution in [0.4, 0.5) is 0 Å². The molecule has 3 heteroatoms. The molecule has 3 nitrogen and oxygen atoms in total. The number of carboxylic acid groups (broad SMARTS) is 1. The van der Waals surface area contributed by atoms with Gasteiger partial charge in [0.05, 0.1) is 6.42 Å². The van der Waals surface area contributed by atoms with Crippen LogP contribution in [0.2, 0.25) is 0 Å². The van der Waals surface area contributed by atoms with Crippen molar-refractivity contribution in [2.45, 2.75) is 20.3 Å². The maximum absolute atomic E-state index is 10.6. The van der Waals surface area contributed by atoms with E-state index in [4.69, 9.17) is 9.84 Å². The lowest BCUT2D eigenvalue weighted by Gasteiger charge is -2.10. The van der Waals surface area contributed by atoms with E-state index in [0.29, 0.717) is 17.9 Å². The molecule has 0 saturated heterocycles. The van der Waals surface area contributed by atoms with Gasteiger partial charge in [-0.05, 0) is 25.5 Å². The first kappa shape index (κ1) is 12.3. The predicted octanol–water partition coefficient (Wildman–Crippen LogP) is 2.66. The Kier molecular flexibility index (Phi) is 4.58. The Bertz CT molecular complexity index is 394. The van der Waals surface area contributed by atoms with E-state index in [0.717, 1.165) is 5.57 Å². The quantitative estimate of drug-likeness (QED) is 0.776. The number of benzene rings is 1. The van der Waals surface area contributed by atoms with Gasteiger partial charge in [0.1, 0.15) is 12.4 Å². The molecule has 86 valence electrons. The fourth-order valence-electron chi connectivity index (χ4n) is 1.23. The first-order chi connectivity index (χ1) is 7.63. The van der Waals surface area contributed by atoms with Gasteiger partial charge in [0.2, 0.25) is 0 Å². The normalized spacial score (nSPS) is 11.2. The number of carbonyl (C=O) groups is 1. The van der Waals surface area contributed by atoms with Crippen LogP contribution in [0.5, 0.6) is 5.75 Å². The van der Waals surface area contributed by atoms with E-state index in [2.05, 4.69) is 0 Å². The summed E-state index contributed by atoms with van der Waals surface area (Å²) >= 11 is 0. The maximum Gasteiger partial charge on any atom is 0.307 e. The van der Waals surface area contributed by atoms with Gasteiger partial charge in [0.15, 0.2) is 0 Å². The molecule has 0 aliphatic heterocycles. The molecule has 0 fully saturated rings. The lowest BCUT2D eigenvalue weighted by Crippen LogP contribution is -2.05. The lowest BCUT2D eigenvalue weighted by molar-refractivity contribution is -0.136. The molecule has 0 amide bonds. The lowest BCUT2D eigenvalue weighted by atomic mass is 10.1. The van der Waals surface area contributed by atoms with Gasteiger partial charge in [-0.3, -0.25) is 4.79 Å². The average Bonchev–Trinajstić information content (AvgIpc) is 2.26. The van der Waals surface area contributed by atoms with Crippen LogP contribution < -0.4 is 4.74 Å². The van der Waals surface area contributed by atoms with E-state index < -0.39 is 5.97 Å². The zero-order valence-corrected chi connectivity index (χ0v) is 9.56. The second-order valence-corrected chi connectivity index (χ2v) is 3.60. The van der Waals surface area contributed by atoms with Crippen LogP contribution in [0.1, 0.15) is 19.4 Å². The minimum absolute atomic E-state index is 0.00887. The van der Waals surface area contributed by atoms with Crippen LogP contribution in [0.3, 0.4) is 0 Å². The number of ether oxygens (including phenoxy) is 1. The first-order valence-corrected chi connectivity index (χ1v) is 5.17. The molecule has 0 atom stereocenters. The molecule has 1 N–H and O–H groups in total. The molecule has 1 aromatic carbocycles. The molecule has 0 aliphatic rings. The summed E-state index contributed by atoms with van der Waals surface area (Å²) < 4.78 is 5.56. The van der Waals surface area contributed by atoms with Crippen LogP contribution in [-0.2, 0) is 11.2 Å². The zero-order chi connectivity index (χ0) is 12.0. The Morgan fingerprint density at radius 2 is 2.12 bits per heavy atom. The number of hydrogen-bond donors (Lipinski definition) is 1. The van der Waals surface area contributed by atoms with Crippen molar-refractivity contribution in [2.24, 2.45) is 0 Å². The van der Waals surface area contributed by atoms with Crippen LogP contribution in [0, 0.1) is 0 Å². The molecule has 0 aliphatic carbocycles. The van der Waals surface area contributed by atoms with E-state index in [1.54, 1.807) is 12.1 Å². The third-order valence-corrected chi connectivity index (χ3v) is 2.26. The Morgan fingerprint density at radius 3 is 2.75 bits per heavy atom. The summed E-state index contributed by atoms with van der Waals surface area (Å²) in [7, 11) is 0. The Balaban J connectivity index is 2.74. The standard InChI is InChI=1S/C13H16O3/c1-3-10(2)9-16-12-7-5-4-6-11(12)8-13(14)15/h3-7H,8-9H2,1-2H3,(H,14,15)/b10-3+. The molecule has 0 unspecified atom stereocenters. The molecule has 0 radical (unpaired) electrons. The van der Waals surface area contributed by atoms with Crippen LogP contribution in [0.25, 0.3) is 0 Å². The fourth-order valence-corrected chi connectivity index (χ4v) is 1.23. The van der Waals surface area contributed by atoms with Gasteiger partial charge in [0.25, 0.3) is 0 Å². The summed E-state index contributed by atoms with van der Waals surface area (Å²) in [6.07, 6.45) is 1.96. The van der Waals surface area contributed by atoms with Crippen molar-refractivity contribution in [1.29, 1.82) is 0 Å². The van der Waals surface area contributed by atoms with Crippen LogP contribution in [0.15, 0.2) is 35.9 Å². The summed E-state index contributed by atoms with van der Waals surface area (Å²) in [5, 5.41) is 8.75. The molecular weight excluding hydrogens is 204 g/mol. The largest absolute Gasteiger partial charge is 0.489 e. The monoisotopic (exact) mass is 220 g/mol. The molecule has 0 saturated carbocycles. The van der Waals surface area contributed by atoms with Crippen molar-refractivity contribution >= 4 is 5.97 Å². The maximum atomic E-state index is 10.6. The number of hydrogen-bond acceptors (Lipinski definition) is 2. The molecule has 0 heterocycles. The zero-order valence-electron chi connectivity index (χ0n) is 9.56. The molecule has 1 aromatic rings. The van der Waals surface area contributed by atoms with Gasteiger partial charge in [-0.1, -0.05) is 24.3 Å². The van der Waals surface area contributed by atoms with Gasteiger partial charge in [-0.25, -0.2) is 0 Å². The highest BCUT2D eigenvalue weighted by molar-refractivity contribution is 5.71. The van der Waals surface area contributed by atoms with E-state index in [9.17, 15) is 4.79 Å². The summed E-state index contributed by atoms with van der Waals surface area (Å²) in [5.41, 5.74) is 1.82. The number of aliphatic carboxylic acids is 1. The highest BCUT2D eigenvalue weighted by Gasteiger charge is 2.06. The van der Waals surface area contributed by atoms with E-state index in [1.807, 2.05) is 32.1 Å². The third-order valence-electron chi connectivity index (χ3n) is 2.26. The second kappa shape index (κ2) is 5.95. The Hall–Kier alpha value is -1.77. The van der Waals surface area contributed by atoms with Crippen molar-refractivity contribution < 1.29 is 14.6 Å². The Labute approximate surface area is 95.4 Å². The number of rotatable bonds is 5. The summed E-state index contributed by atoms with van der Waals surface area (Å²) in [4.78, 5) is 10.6. The SMILES string of the molecule is C/C=C(\C)COc1ccccc1CC(=O)O. The van der Waals surface area contributed by atoms with Crippen molar-refractivity contribution in [3.05, 3.63) is 41.5 Å². The summed E-state index contributed by atoms with van der Waals surface area (Å²) in [6.45, 7) is 4.41. The second-order valence-electron chi connectivity index (χ2n) is 3.60. The molecule has 0 bridgehead atoms. The van der Waals surface area contributed by atoms with Gasteiger partial charge >= 0.3 is 5.97 Å².